The smallest absolute Gasteiger partial charge is 0.242 e. The second kappa shape index (κ2) is 6.41. The summed E-state index contributed by atoms with van der Waals surface area (Å²) in [6.07, 6.45) is 3.05. The van der Waals surface area contributed by atoms with Gasteiger partial charge in [-0.1, -0.05) is 28.1 Å². The number of hydrogen-bond acceptors (Lipinski definition) is 2. The average molecular weight is 365 g/mol. The van der Waals surface area contributed by atoms with E-state index in [-0.39, 0.29) is 24.3 Å². The zero-order valence-electron chi connectivity index (χ0n) is 12.8. The van der Waals surface area contributed by atoms with Crippen LogP contribution in [0.4, 0.5) is 0 Å². The molecule has 1 aromatic carbocycles. The molecule has 0 unspecified atom stereocenters. The summed E-state index contributed by atoms with van der Waals surface area (Å²) in [7, 11) is 1.74. The Hall–Kier alpha value is -1.36. The van der Waals surface area contributed by atoms with Crippen molar-refractivity contribution >= 4 is 27.7 Å². The summed E-state index contributed by atoms with van der Waals surface area (Å²) in [5, 5.41) is 0. The summed E-state index contributed by atoms with van der Waals surface area (Å²) in [5.74, 6) is 0.505. The number of likely N-dealkylation sites (N-methyl/N-ethyl adjacent to an activating group) is 1. The Morgan fingerprint density at radius 1 is 1.32 bits per heavy atom. The van der Waals surface area contributed by atoms with Gasteiger partial charge in [-0.3, -0.25) is 9.59 Å². The third kappa shape index (κ3) is 3.35. The van der Waals surface area contributed by atoms with Gasteiger partial charge in [0.25, 0.3) is 0 Å². The van der Waals surface area contributed by atoms with E-state index in [2.05, 4.69) is 28.1 Å². The number of rotatable bonds is 4. The normalized spacial score (nSPS) is 23.5. The molecule has 1 saturated carbocycles. The van der Waals surface area contributed by atoms with Crippen molar-refractivity contribution in [1.82, 2.24) is 9.80 Å². The predicted molar refractivity (Wildman–Crippen MR) is 88.4 cm³/mol. The minimum Gasteiger partial charge on any atom is -0.341 e. The Morgan fingerprint density at radius 3 is 2.73 bits per heavy atom. The van der Waals surface area contributed by atoms with Crippen LogP contribution in [0.25, 0.3) is 0 Å². The zero-order valence-corrected chi connectivity index (χ0v) is 14.4. The monoisotopic (exact) mass is 364 g/mol. The Kier molecular flexibility index (Phi) is 4.52. The number of halogens is 1. The first-order valence-corrected chi connectivity index (χ1v) is 8.64. The zero-order chi connectivity index (χ0) is 15.7. The van der Waals surface area contributed by atoms with Gasteiger partial charge in [-0.15, -0.1) is 0 Å². The molecule has 3 rings (SSSR count). The number of amides is 2. The summed E-state index contributed by atoms with van der Waals surface area (Å²) >= 11 is 3.47. The second-order valence-electron chi connectivity index (χ2n) is 6.29. The minimum atomic E-state index is 0.0330. The highest BCUT2D eigenvalue weighted by atomic mass is 79.9. The Balaban J connectivity index is 1.55. The molecule has 2 fully saturated rings. The largest absolute Gasteiger partial charge is 0.341 e. The van der Waals surface area contributed by atoms with Crippen LogP contribution in [0.1, 0.15) is 30.7 Å². The van der Waals surface area contributed by atoms with Gasteiger partial charge in [-0.25, -0.2) is 0 Å². The van der Waals surface area contributed by atoms with E-state index in [0.717, 1.165) is 36.8 Å². The summed E-state index contributed by atoms with van der Waals surface area (Å²) in [6.45, 7) is 1.89. The van der Waals surface area contributed by atoms with Crippen LogP contribution in [-0.2, 0) is 9.59 Å². The van der Waals surface area contributed by atoms with Gasteiger partial charge in [0, 0.05) is 30.5 Å². The Morgan fingerprint density at radius 2 is 2.05 bits per heavy atom. The standard InChI is InChI=1S/C17H21BrN2O2/c1-19(11-16(21)20-7-2-3-8-20)17(22)15-10-14(15)12-5-4-6-13(18)9-12/h4-6,9,14-15H,2-3,7-8,10-11H2,1H3/t14-,15-/m1/s1. The highest BCUT2D eigenvalue weighted by Gasteiger charge is 2.45. The summed E-state index contributed by atoms with van der Waals surface area (Å²) in [6, 6.07) is 8.13. The van der Waals surface area contributed by atoms with Crippen molar-refractivity contribution in [3.63, 3.8) is 0 Å². The van der Waals surface area contributed by atoms with E-state index in [4.69, 9.17) is 0 Å². The number of carbonyl (C=O) groups excluding carboxylic acids is 2. The molecule has 1 aliphatic heterocycles. The highest BCUT2D eigenvalue weighted by Crippen LogP contribution is 2.48. The van der Waals surface area contributed by atoms with Gasteiger partial charge in [0.15, 0.2) is 0 Å². The van der Waals surface area contributed by atoms with Crippen molar-refractivity contribution in [2.45, 2.75) is 25.2 Å². The molecule has 2 atom stereocenters. The summed E-state index contributed by atoms with van der Waals surface area (Å²) in [4.78, 5) is 28.1. The number of carbonyl (C=O) groups is 2. The van der Waals surface area contributed by atoms with E-state index in [1.54, 1.807) is 11.9 Å². The molecule has 118 valence electrons. The Bertz CT molecular complexity index is 584. The van der Waals surface area contributed by atoms with Crippen molar-refractivity contribution < 1.29 is 9.59 Å². The molecule has 4 nitrogen and oxygen atoms in total. The number of likely N-dealkylation sites (tertiary alicyclic amines) is 1. The number of benzene rings is 1. The van der Waals surface area contributed by atoms with Gasteiger partial charge in [0.2, 0.25) is 11.8 Å². The fourth-order valence-electron chi connectivity index (χ4n) is 3.20. The quantitative estimate of drug-likeness (QED) is 0.823. The first-order valence-electron chi connectivity index (χ1n) is 7.84. The van der Waals surface area contributed by atoms with Crippen molar-refractivity contribution in [2.75, 3.05) is 26.7 Å². The summed E-state index contributed by atoms with van der Waals surface area (Å²) < 4.78 is 1.04. The lowest BCUT2D eigenvalue weighted by molar-refractivity contribution is -0.139. The fraction of sp³-hybridized carbons (Fsp3) is 0.529. The van der Waals surface area contributed by atoms with Crippen LogP contribution in [0.15, 0.2) is 28.7 Å². The van der Waals surface area contributed by atoms with Crippen LogP contribution in [0, 0.1) is 5.92 Å². The van der Waals surface area contributed by atoms with Crippen LogP contribution in [0.5, 0.6) is 0 Å². The SMILES string of the molecule is CN(CC(=O)N1CCCC1)C(=O)[C@@H]1C[C@@H]1c1cccc(Br)c1. The lowest BCUT2D eigenvalue weighted by atomic mass is 10.1. The molecule has 5 heteroatoms. The first kappa shape index (κ1) is 15.5. The van der Waals surface area contributed by atoms with Crippen molar-refractivity contribution in [1.29, 1.82) is 0 Å². The molecule has 1 aliphatic carbocycles. The van der Waals surface area contributed by atoms with E-state index in [1.165, 1.54) is 5.56 Å². The molecule has 0 radical (unpaired) electrons. The lowest BCUT2D eigenvalue weighted by Crippen LogP contribution is -2.40. The Labute approximate surface area is 139 Å². The molecular weight excluding hydrogens is 344 g/mol. The average Bonchev–Trinajstić information content (AvgIpc) is 3.10. The van der Waals surface area contributed by atoms with Crippen LogP contribution < -0.4 is 0 Å². The van der Waals surface area contributed by atoms with Gasteiger partial charge in [-0.05, 0) is 42.9 Å². The summed E-state index contributed by atoms with van der Waals surface area (Å²) in [5.41, 5.74) is 1.20. The van der Waals surface area contributed by atoms with Crippen molar-refractivity contribution in [3.8, 4) is 0 Å². The van der Waals surface area contributed by atoms with Crippen LogP contribution in [-0.4, -0.2) is 48.3 Å². The van der Waals surface area contributed by atoms with Crippen molar-refractivity contribution in [3.05, 3.63) is 34.3 Å². The molecule has 0 N–H and O–H groups in total. The van der Waals surface area contributed by atoms with Gasteiger partial charge < -0.3 is 9.80 Å². The first-order chi connectivity index (χ1) is 10.6. The van der Waals surface area contributed by atoms with Gasteiger partial charge in [-0.2, -0.15) is 0 Å². The molecular formula is C17H21BrN2O2. The van der Waals surface area contributed by atoms with Crippen LogP contribution in [0.3, 0.4) is 0 Å². The van der Waals surface area contributed by atoms with E-state index in [9.17, 15) is 9.59 Å². The molecule has 1 saturated heterocycles. The number of nitrogens with zero attached hydrogens (tertiary/aromatic N) is 2. The molecule has 0 spiro atoms. The number of hydrogen-bond donors (Lipinski definition) is 0. The van der Waals surface area contributed by atoms with E-state index in [1.807, 2.05) is 17.0 Å². The molecule has 22 heavy (non-hydrogen) atoms. The highest BCUT2D eigenvalue weighted by molar-refractivity contribution is 9.10. The van der Waals surface area contributed by atoms with Gasteiger partial charge in [0.05, 0.1) is 6.54 Å². The third-order valence-electron chi connectivity index (χ3n) is 4.59. The minimum absolute atomic E-state index is 0.0330. The topological polar surface area (TPSA) is 40.6 Å². The van der Waals surface area contributed by atoms with Crippen LogP contribution in [0.2, 0.25) is 0 Å². The molecule has 2 amide bonds. The van der Waals surface area contributed by atoms with Crippen molar-refractivity contribution in [2.24, 2.45) is 5.92 Å². The molecule has 0 aromatic heterocycles. The van der Waals surface area contributed by atoms with E-state index < -0.39 is 0 Å². The second-order valence-corrected chi connectivity index (χ2v) is 7.20. The fourth-order valence-corrected chi connectivity index (χ4v) is 3.62. The molecule has 0 bridgehead atoms. The van der Waals surface area contributed by atoms with Crippen LogP contribution >= 0.6 is 15.9 Å². The lowest BCUT2D eigenvalue weighted by Gasteiger charge is -2.21. The molecule has 1 heterocycles. The molecule has 2 aliphatic rings. The van der Waals surface area contributed by atoms with Gasteiger partial charge >= 0.3 is 0 Å². The predicted octanol–water partition coefficient (Wildman–Crippen LogP) is 2.63. The maximum Gasteiger partial charge on any atom is 0.242 e. The maximum atomic E-state index is 12.5. The van der Waals surface area contributed by atoms with E-state index >= 15 is 0 Å². The van der Waals surface area contributed by atoms with Gasteiger partial charge in [0.1, 0.15) is 0 Å². The van der Waals surface area contributed by atoms with E-state index in [0.29, 0.717) is 5.92 Å². The third-order valence-corrected chi connectivity index (χ3v) is 5.09. The molecule has 1 aromatic rings. The maximum absolute atomic E-state index is 12.5.